The zero-order valence-corrected chi connectivity index (χ0v) is 12.5. The molecule has 3 unspecified atom stereocenters. The summed E-state index contributed by atoms with van der Waals surface area (Å²) in [6, 6.07) is 6.22. The highest BCUT2D eigenvalue weighted by atomic mass is 16.5. The smallest absolute Gasteiger partial charge is 0.125 e. The number of benzene rings is 1. The zero-order chi connectivity index (χ0) is 14.0. The topological polar surface area (TPSA) is 38.5 Å². The Labute approximate surface area is 116 Å². The SMILES string of the molecule is COc1cccc(N2CC(C)CC(C)C2)c1C(C)N. The molecule has 1 aliphatic heterocycles. The average molecular weight is 262 g/mol. The van der Waals surface area contributed by atoms with Gasteiger partial charge < -0.3 is 15.4 Å². The fraction of sp³-hybridized carbons (Fsp3) is 0.625. The molecule has 19 heavy (non-hydrogen) atoms. The quantitative estimate of drug-likeness (QED) is 0.909. The van der Waals surface area contributed by atoms with Crippen molar-refractivity contribution in [2.75, 3.05) is 25.1 Å². The molecule has 0 aromatic heterocycles. The lowest BCUT2D eigenvalue weighted by molar-refractivity contribution is 0.355. The van der Waals surface area contributed by atoms with Crippen LogP contribution in [-0.2, 0) is 0 Å². The number of methoxy groups -OCH3 is 1. The Kier molecular flexibility index (Phi) is 4.35. The van der Waals surface area contributed by atoms with Crippen molar-refractivity contribution in [3.63, 3.8) is 0 Å². The second kappa shape index (κ2) is 5.83. The lowest BCUT2D eigenvalue weighted by atomic mass is 9.90. The van der Waals surface area contributed by atoms with Gasteiger partial charge in [0.2, 0.25) is 0 Å². The van der Waals surface area contributed by atoms with Crippen LogP contribution in [0, 0.1) is 11.8 Å². The maximum absolute atomic E-state index is 6.16. The molecule has 1 fully saturated rings. The summed E-state index contributed by atoms with van der Waals surface area (Å²) in [5.41, 5.74) is 8.53. The van der Waals surface area contributed by atoms with Gasteiger partial charge in [-0.1, -0.05) is 19.9 Å². The van der Waals surface area contributed by atoms with Crippen LogP contribution >= 0.6 is 0 Å². The molecule has 0 aliphatic carbocycles. The summed E-state index contributed by atoms with van der Waals surface area (Å²) in [6.07, 6.45) is 1.31. The van der Waals surface area contributed by atoms with Crippen LogP contribution in [0.1, 0.15) is 38.8 Å². The van der Waals surface area contributed by atoms with Crippen molar-refractivity contribution in [1.82, 2.24) is 0 Å². The summed E-state index contributed by atoms with van der Waals surface area (Å²) in [5.74, 6) is 2.37. The second-order valence-electron chi connectivity index (χ2n) is 6.03. The number of ether oxygens (including phenoxy) is 1. The van der Waals surface area contributed by atoms with Crippen LogP contribution in [0.2, 0.25) is 0 Å². The van der Waals surface area contributed by atoms with E-state index in [1.54, 1.807) is 7.11 Å². The minimum Gasteiger partial charge on any atom is -0.496 e. The Morgan fingerprint density at radius 2 is 1.89 bits per heavy atom. The van der Waals surface area contributed by atoms with Crippen molar-refractivity contribution in [2.24, 2.45) is 17.6 Å². The van der Waals surface area contributed by atoms with E-state index in [4.69, 9.17) is 10.5 Å². The fourth-order valence-corrected chi connectivity index (χ4v) is 3.30. The van der Waals surface area contributed by atoms with E-state index in [0.717, 1.165) is 36.2 Å². The second-order valence-corrected chi connectivity index (χ2v) is 6.03. The molecule has 3 atom stereocenters. The molecule has 0 bridgehead atoms. The Balaban J connectivity index is 2.38. The van der Waals surface area contributed by atoms with Crippen LogP contribution in [0.4, 0.5) is 5.69 Å². The molecule has 0 radical (unpaired) electrons. The predicted molar refractivity (Wildman–Crippen MR) is 80.8 cm³/mol. The number of hydrogen-bond donors (Lipinski definition) is 1. The fourth-order valence-electron chi connectivity index (χ4n) is 3.30. The highest BCUT2D eigenvalue weighted by Crippen LogP contribution is 2.36. The van der Waals surface area contributed by atoms with Crippen molar-refractivity contribution < 1.29 is 4.74 Å². The van der Waals surface area contributed by atoms with Gasteiger partial charge in [-0.2, -0.15) is 0 Å². The summed E-state index contributed by atoms with van der Waals surface area (Å²) in [4.78, 5) is 2.47. The first-order valence-electron chi connectivity index (χ1n) is 7.20. The van der Waals surface area contributed by atoms with E-state index in [-0.39, 0.29) is 6.04 Å². The van der Waals surface area contributed by atoms with Crippen LogP contribution in [0.3, 0.4) is 0 Å². The van der Waals surface area contributed by atoms with Crippen LogP contribution in [0.5, 0.6) is 5.75 Å². The lowest BCUT2D eigenvalue weighted by Crippen LogP contribution is -2.39. The first kappa shape index (κ1) is 14.2. The van der Waals surface area contributed by atoms with Crippen molar-refractivity contribution in [3.8, 4) is 5.75 Å². The van der Waals surface area contributed by atoms with Gasteiger partial charge in [0.25, 0.3) is 0 Å². The Bertz CT molecular complexity index is 421. The summed E-state index contributed by atoms with van der Waals surface area (Å²) in [5, 5.41) is 0. The minimum atomic E-state index is -0.0151. The van der Waals surface area contributed by atoms with Gasteiger partial charge in [-0.3, -0.25) is 0 Å². The van der Waals surface area contributed by atoms with E-state index < -0.39 is 0 Å². The molecule has 1 aliphatic rings. The number of anilines is 1. The zero-order valence-electron chi connectivity index (χ0n) is 12.5. The Hall–Kier alpha value is -1.22. The van der Waals surface area contributed by atoms with Gasteiger partial charge in [-0.05, 0) is 37.3 Å². The van der Waals surface area contributed by atoms with Gasteiger partial charge in [0, 0.05) is 30.4 Å². The molecule has 1 aromatic rings. The molecule has 2 N–H and O–H groups in total. The number of piperidine rings is 1. The lowest BCUT2D eigenvalue weighted by Gasteiger charge is -2.38. The van der Waals surface area contributed by atoms with Gasteiger partial charge in [-0.25, -0.2) is 0 Å². The third-order valence-corrected chi connectivity index (χ3v) is 3.93. The van der Waals surface area contributed by atoms with Gasteiger partial charge >= 0.3 is 0 Å². The van der Waals surface area contributed by atoms with E-state index in [0.29, 0.717) is 0 Å². The molecule has 3 heteroatoms. The number of nitrogens with two attached hydrogens (primary N) is 1. The van der Waals surface area contributed by atoms with Crippen LogP contribution in [-0.4, -0.2) is 20.2 Å². The molecule has 1 saturated heterocycles. The maximum Gasteiger partial charge on any atom is 0.125 e. The van der Waals surface area contributed by atoms with Gasteiger partial charge in [0.15, 0.2) is 0 Å². The van der Waals surface area contributed by atoms with E-state index >= 15 is 0 Å². The standard InChI is InChI=1S/C16H26N2O/c1-11-8-12(2)10-18(9-11)14-6-5-7-15(19-4)16(14)13(3)17/h5-7,11-13H,8-10,17H2,1-4H3. The molecule has 3 nitrogen and oxygen atoms in total. The Morgan fingerprint density at radius 3 is 2.42 bits per heavy atom. The van der Waals surface area contributed by atoms with Gasteiger partial charge in [0.05, 0.1) is 7.11 Å². The summed E-state index contributed by atoms with van der Waals surface area (Å²) in [6.45, 7) is 8.90. The molecular formula is C16H26N2O. The van der Waals surface area contributed by atoms with Gasteiger partial charge in [0.1, 0.15) is 5.75 Å². The number of nitrogens with zero attached hydrogens (tertiary/aromatic N) is 1. The highest BCUT2D eigenvalue weighted by molar-refractivity contribution is 5.61. The normalized spacial score (nSPS) is 25.2. The van der Waals surface area contributed by atoms with E-state index in [1.165, 1.54) is 12.1 Å². The molecular weight excluding hydrogens is 236 g/mol. The number of rotatable bonds is 3. The molecule has 1 heterocycles. The minimum absolute atomic E-state index is 0.0151. The first-order chi connectivity index (χ1) is 9.02. The number of hydrogen-bond acceptors (Lipinski definition) is 3. The van der Waals surface area contributed by atoms with Crippen LogP contribution in [0.25, 0.3) is 0 Å². The first-order valence-corrected chi connectivity index (χ1v) is 7.20. The van der Waals surface area contributed by atoms with Crippen molar-refractivity contribution in [3.05, 3.63) is 23.8 Å². The largest absolute Gasteiger partial charge is 0.496 e. The van der Waals surface area contributed by atoms with Crippen LogP contribution in [0.15, 0.2) is 18.2 Å². The predicted octanol–water partition coefficient (Wildman–Crippen LogP) is 3.20. The monoisotopic (exact) mass is 262 g/mol. The van der Waals surface area contributed by atoms with Crippen molar-refractivity contribution in [1.29, 1.82) is 0 Å². The highest BCUT2D eigenvalue weighted by Gasteiger charge is 2.25. The van der Waals surface area contributed by atoms with Crippen molar-refractivity contribution >= 4 is 5.69 Å². The summed E-state index contributed by atoms with van der Waals surface area (Å²) < 4.78 is 5.49. The molecule has 0 spiro atoms. The molecule has 0 amide bonds. The summed E-state index contributed by atoms with van der Waals surface area (Å²) >= 11 is 0. The van der Waals surface area contributed by atoms with Crippen molar-refractivity contribution in [2.45, 2.75) is 33.2 Å². The van der Waals surface area contributed by atoms with E-state index in [1.807, 2.05) is 13.0 Å². The Morgan fingerprint density at radius 1 is 1.26 bits per heavy atom. The van der Waals surface area contributed by atoms with Gasteiger partial charge in [-0.15, -0.1) is 0 Å². The molecule has 0 saturated carbocycles. The molecule has 1 aromatic carbocycles. The van der Waals surface area contributed by atoms with Crippen LogP contribution < -0.4 is 15.4 Å². The molecule has 106 valence electrons. The maximum atomic E-state index is 6.16. The van der Waals surface area contributed by atoms with E-state index in [9.17, 15) is 0 Å². The third-order valence-electron chi connectivity index (χ3n) is 3.93. The average Bonchev–Trinajstić information content (AvgIpc) is 2.36. The molecule has 2 rings (SSSR count). The third kappa shape index (κ3) is 3.03. The summed E-state index contributed by atoms with van der Waals surface area (Å²) in [7, 11) is 1.71. The van der Waals surface area contributed by atoms with E-state index in [2.05, 4.69) is 30.9 Å².